The topological polar surface area (TPSA) is 96.3 Å². The van der Waals surface area contributed by atoms with Gasteiger partial charge in [0.1, 0.15) is 11.5 Å². The molecule has 2 aromatic heterocycles. The predicted molar refractivity (Wildman–Crippen MR) is 68.3 cm³/mol. The summed E-state index contributed by atoms with van der Waals surface area (Å²) in [6.45, 7) is 1.65. The summed E-state index contributed by atoms with van der Waals surface area (Å²) in [4.78, 5) is 8.34. The van der Waals surface area contributed by atoms with Crippen LogP contribution in [0, 0.1) is 0 Å². The van der Waals surface area contributed by atoms with Crippen LogP contribution in [-0.4, -0.2) is 42.1 Å². The summed E-state index contributed by atoms with van der Waals surface area (Å²) >= 11 is 0. The van der Waals surface area contributed by atoms with Crippen LogP contribution in [0.3, 0.4) is 0 Å². The fourth-order valence-corrected chi connectivity index (χ4v) is 1.44. The van der Waals surface area contributed by atoms with Crippen molar-refractivity contribution in [2.45, 2.75) is 6.42 Å². The fraction of sp³-hybridized carbons (Fsp3) is 0.417. The summed E-state index contributed by atoms with van der Waals surface area (Å²) in [5.74, 6) is 1.36. The number of ether oxygens (including phenoxy) is 2. The average molecular weight is 264 g/mol. The third-order valence-electron chi connectivity index (χ3n) is 2.36. The van der Waals surface area contributed by atoms with E-state index in [4.69, 9.17) is 19.7 Å². The molecule has 0 aliphatic heterocycles. The number of hydrogen-bond donors (Lipinski definition) is 1. The first-order valence-electron chi connectivity index (χ1n) is 5.92. The number of hydrogen-bond acceptors (Lipinski definition) is 7. The molecule has 0 aromatic carbocycles. The zero-order valence-electron chi connectivity index (χ0n) is 10.7. The fourth-order valence-electron chi connectivity index (χ4n) is 1.44. The third-order valence-corrected chi connectivity index (χ3v) is 2.36. The normalized spacial score (nSPS) is 10.8. The quantitative estimate of drug-likeness (QED) is 0.742. The number of nitrogen functional groups attached to an aromatic ring is 1. The van der Waals surface area contributed by atoms with Gasteiger partial charge in [-0.25, -0.2) is 4.98 Å². The zero-order chi connectivity index (χ0) is 13.5. The molecule has 0 spiro atoms. The van der Waals surface area contributed by atoms with Crippen molar-refractivity contribution in [2.24, 2.45) is 0 Å². The molecule has 0 bridgehead atoms. The van der Waals surface area contributed by atoms with Gasteiger partial charge in [0.2, 0.25) is 0 Å². The van der Waals surface area contributed by atoms with Crippen molar-refractivity contribution in [3.63, 3.8) is 0 Å². The Labute approximate surface area is 110 Å². The first-order valence-corrected chi connectivity index (χ1v) is 5.92. The van der Waals surface area contributed by atoms with Crippen LogP contribution in [0.25, 0.3) is 11.6 Å². The van der Waals surface area contributed by atoms with Crippen molar-refractivity contribution in [3.8, 4) is 11.6 Å². The number of nitrogens with zero attached hydrogens (tertiary/aromatic N) is 3. The van der Waals surface area contributed by atoms with Gasteiger partial charge in [-0.2, -0.15) is 4.98 Å². The van der Waals surface area contributed by atoms with E-state index in [9.17, 15) is 0 Å². The second-order valence-electron chi connectivity index (χ2n) is 3.82. The predicted octanol–water partition coefficient (Wildman–Crippen LogP) is 0.919. The van der Waals surface area contributed by atoms with Gasteiger partial charge in [-0.15, -0.1) is 0 Å². The van der Waals surface area contributed by atoms with Crippen molar-refractivity contribution in [3.05, 3.63) is 24.0 Å². The molecular formula is C12H16N4O3. The molecule has 0 atom stereocenters. The lowest BCUT2D eigenvalue weighted by Gasteiger charge is -2.00. The molecule has 0 aliphatic carbocycles. The van der Waals surface area contributed by atoms with Gasteiger partial charge in [0.15, 0.2) is 5.82 Å². The Morgan fingerprint density at radius 2 is 2.11 bits per heavy atom. The van der Waals surface area contributed by atoms with E-state index >= 15 is 0 Å². The summed E-state index contributed by atoms with van der Waals surface area (Å²) in [5.41, 5.74) is 6.17. The molecule has 0 saturated carbocycles. The molecule has 102 valence electrons. The van der Waals surface area contributed by atoms with Gasteiger partial charge in [0, 0.05) is 13.5 Å². The minimum atomic E-state index is 0.360. The molecule has 7 nitrogen and oxygen atoms in total. The van der Waals surface area contributed by atoms with Crippen LogP contribution in [0.2, 0.25) is 0 Å². The SMILES string of the molecule is COCCOCCc1noc(-c2cccc(N)n2)n1. The second kappa shape index (κ2) is 6.81. The van der Waals surface area contributed by atoms with Gasteiger partial charge >= 0.3 is 0 Å². The van der Waals surface area contributed by atoms with Crippen molar-refractivity contribution < 1.29 is 14.0 Å². The van der Waals surface area contributed by atoms with Crippen molar-refractivity contribution in [1.82, 2.24) is 15.1 Å². The molecular weight excluding hydrogens is 248 g/mol. The molecule has 0 aliphatic rings. The number of methoxy groups -OCH3 is 1. The van der Waals surface area contributed by atoms with E-state index in [0.29, 0.717) is 49.5 Å². The lowest BCUT2D eigenvalue weighted by molar-refractivity contribution is 0.0714. The minimum Gasteiger partial charge on any atom is -0.384 e. The minimum absolute atomic E-state index is 0.360. The Bertz CT molecular complexity index is 515. The Morgan fingerprint density at radius 1 is 1.21 bits per heavy atom. The molecule has 7 heteroatoms. The van der Waals surface area contributed by atoms with E-state index in [2.05, 4.69) is 15.1 Å². The van der Waals surface area contributed by atoms with Crippen molar-refractivity contribution >= 4 is 5.82 Å². The molecule has 19 heavy (non-hydrogen) atoms. The van der Waals surface area contributed by atoms with Crippen LogP contribution in [-0.2, 0) is 15.9 Å². The maximum atomic E-state index is 5.60. The summed E-state index contributed by atoms with van der Waals surface area (Å²) in [6.07, 6.45) is 0.579. The van der Waals surface area contributed by atoms with E-state index in [-0.39, 0.29) is 0 Å². The van der Waals surface area contributed by atoms with Gasteiger partial charge in [-0.05, 0) is 12.1 Å². The maximum Gasteiger partial charge on any atom is 0.276 e. The van der Waals surface area contributed by atoms with Gasteiger partial charge in [-0.3, -0.25) is 0 Å². The first-order chi connectivity index (χ1) is 9.29. The number of rotatable bonds is 7. The van der Waals surface area contributed by atoms with Gasteiger partial charge in [-0.1, -0.05) is 11.2 Å². The van der Waals surface area contributed by atoms with Gasteiger partial charge in [0.25, 0.3) is 5.89 Å². The molecule has 0 radical (unpaired) electrons. The molecule has 2 heterocycles. The second-order valence-corrected chi connectivity index (χ2v) is 3.82. The van der Waals surface area contributed by atoms with Crippen LogP contribution >= 0.6 is 0 Å². The highest BCUT2D eigenvalue weighted by atomic mass is 16.5. The van der Waals surface area contributed by atoms with Crippen molar-refractivity contribution in [1.29, 1.82) is 0 Å². The highest BCUT2D eigenvalue weighted by Gasteiger charge is 2.10. The maximum absolute atomic E-state index is 5.60. The molecule has 2 aromatic rings. The monoisotopic (exact) mass is 264 g/mol. The van der Waals surface area contributed by atoms with E-state index in [1.54, 1.807) is 25.3 Å². The summed E-state index contributed by atoms with van der Waals surface area (Å²) < 4.78 is 15.3. The molecule has 0 unspecified atom stereocenters. The number of aromatic nitrogens is 3. The van der Waals surface area contributed by atoms with Crippen molar-refractivity contribution in [2.75, 3.05) is 32.7 Å². The number of nitrogens with two attached hydrogens (primary N) is 1. The smallest absolute Gasteiger partial charge is 0.276 e. The number of anilines is 1. The molecule has 0 amide bonds. The summed E-state index contributed by atoms with van der Waals surface area (Å²) in [5, 5.41) is 3.86. The Balaban J connectivity index is 1.88. The molecule has 2 N–H and O–H groups in total. The zero-order valence-corrected chi connectivity index (χ0v) is 10.7. The summed E-state index contributed by atoms with van der Waals surface area (Å²) in [6, 6.07) is 5.25. The van der Waals surface area contributed by atoms with Gasteiger partial charge < -0.3 is 19.7 Å². The standard InChI is InChI=1S/C12H16N4O3/c1-17-7-8-18-6-5-11-15-12(19-16-11)9-3-2-4-10(13)14-9/h2-4H,5-8H2,1H3,(H2,13,14). The van der Waals surface area contributed by atoms with Gasteiger partial charge in [0.05, 0.1) is 19.8 Å². The van der Waals surface area contributed by atoms with E-state index in [0.717, 1.165) is 0 Å². The van der Waals surface area contributed by atoms with Crippen LogP contribution in [0.5, 0.6) is 0 Å². The highest BCUT2D eigenvalue weighted by molar-refractivity contribution is 5.49. The van der Waals surface area contributed by atoms with Crippen LogP contribution in [0.4, 0.5) is 5.82 Å². The molecule has 0 saturated heterocycles. The average Bonchev–Trinajstić information content (AvgIpc) is 2.87. The first kappa shape index (κ1) is 13.4. The third kappa shape index (κ3) is 4.01. The Hall–Kier alpha value is -1.99. The van der Waals surface area contributed by atoms with E-state index in [1.165, 1.54) is 0 Å². The number of pyridine rings is 1. The van der Waals surface area contributed by atoms with E-state index in [1.807, 2.05) is 0 Å². The lowest BCUT2D eigenvalue weighted by Crippen LogP contribution is -2.05. The largest absolute Gasteiger partial charge is 0.384 e. The van der Waals surface area contributed by atoms with Crippen LogP contribution < -0.4 is 5.73 Å². The van der Waals surface area contributed by atoms with Crippen LogP contribution in [0.1, 0.15) is 5.82 Å². The highest BCUT2D eigenvalue weighted by Crippen LogP contribution is 2.15. The van der Waals surface area contributed by atoms with Crippen LogP contribution in [0.15, 0.2) is 22.7 Å². The van der Waals surface area contributed by atoms with E-state index < -0.39 is 0 Å². The Kier molecular flexibility index (Phi) is 4.82. The molecule has 2 rings (SSSR count). The molecule has 0 fully saturated rings. The Morgan fingerprint density at radius 3 is 2.89 bits per heavy atom. The summed E-state index contributed by atoms with van der Waals surface area (Å²) in [7, 11) is 1.63. The lowest BCUT2D eigenvalue weighted by atomic mass is 10.3.